The summed E-state index contributed by atoms with van der Waals surface area (Å²) in [5.41, 5.74) is 1.92. The van der Waals surface area contributed by atoms with Gasteiger partial charge in [-0.25, -0.2) is 4.98 Å². The molecule has 1 aliphatic rings. The molecule has 22 heavy (non-hydrogen) atoms. The van der Waals surface area contributed by atoms with Gasteiger partial charge < -0.3 is 10.0 Å². The molecule has 2 aromatic rings. The van der Waals surface area contributed by atoms with Crippen molar-refractivity contribution in [3.05, 3.63) is 41.4 Å². The van der Waals surface area contributed by atoms with Gasteiger partial charge in [-0.05, 0) is 18.8 Å². The fourth-order valence-corrected chi connectivity index (χ4v) is 3.63. The highest BCUT2D eigenvalue weighted by molar-refractivity contribution is 7.13. The van der Waals surface area contributed by atoms with E-state index >= 15 is 0 Å². The first-order valence-corrected chi connectivity index (χ1v) is 8.52. The summed E-state index contributed by atoms with van der Waals surface area (Å²) in [5, 5.41) is 12.2. The summed E-state index contributed by atoms with van der Waals surface area (Å²) in [6, 6.07) is 10.0. The Bertz CT molecular complexity index is 627. The normalized spacial score (nSPS) is 18.4. The number of likely N-dealkylation sites (tertiary alicyclic amines) is 1. The number of hydrogen-bond acceptors (Lipinski definition) is 4. The fraction of sp³-hybridized carbons (Fsp3) is 0.412. The Morgan fingerprint density at radius 1 is 1.36 bits per heavy atom. The summed E-state index contributed by atoms with van der Waals surface area (Å²) in [6.45, 7) is 1.63. The highest BCUT2D eigenvalue weighted by Gasteiger charge is 2.23. The van der Waals surface area contributed by atoms with Gasteiger partial charge in [-0.1, -0.05) is 30.3 Å². The van der Waals surface area contributed by atoms with Crippen molar-refractivity contribution in [3.63, 3.8) is 0 Å². The molecule has 3 rings (SSSR count). The summed E-state index contributed by atoms with van der Waals surface area (Å²) in [4.78, 5) is 18.8. The third-order valence-corrected chi connectivity index (χ3v) is 4.97. The Kier molecular flexibility index (Phi) is 4.85. The van der Waals surface area contributed by atoms with Crippen molar-refractivity contribution in [1.82, 2.24) is 9.88 Å². The van der Waals surface area contributed by atoms with Crippen molar-refractivity contribution in [2.45, 2.75) is 19.3 Å². The molecular formula is C17H20N2O2S. The summed E-state index contributed by atoms with van der Waals surface area (Å²) < 4.78 is 0. The molecule has 0 bridgehead atoms. The number of carbonyl (C=O) groups is 1. The molecule has 1 aliphatic heterocycles. The standard InChI is InChI=1S/C17H20N2O2S/c20-11-13-5-4-8-19(10-13)16(21)9-15-12-22-17(18-15)14-6-2-1-3-7-14/h1-3,6-7,12-13,20H,4-5,8-11H2. The average Bonchev–Trinajstić information content (AvgIpc) is 3.04. The summed E-state index contributed by atoms with van der Waals surface area (Å²) in [5.74, 6) is 0.344. The molecule has 2 heterocycles. The number of thiazole rings is 1. The zero-order valence-corrected chi connectivity index (χ0v) is 13.3. The number of nitrogens with zero attached hydrogens (tertiary/aromatic N) is 2. The molecule has 1 atom stereocenters. The van der Waals surface area contributed by atoms with Gasteiger partial charge in [0.1, 0.15) is 5.01 Å². The molecule has 1 amide bonds. The molecule has 5 heteroatoms. The Morgan fingerprint density at radius 2 is 2.18 bits per heavy atom. The first-order chi connectivity index (χ1) is 10.8. The molecule has 0 saturated carbocycles. The molecule has 116 valence electrons. The number of piperidine rings is 1. The van der Waals surface area contributed by atoms with Crippen LogP contribution < -0.4 is 0 Å². The summed E-state index contributed by atoms with van der Waals surface area (Å²) in [6.07, 6.45) is 2.33. The highest BCUT2D eigenvalue weighted by Crippen LogP contribution is 2.24. The molecule has 1 fully saturated rings. The summed E-state index contributed by atoms with van der Waals surface area (Å²) >= 11 is 1.57. The number of carbonyl (C=O) groups excluding carboxylic acids is 1. The number of rotatable bonds is 4. The van der Waals surface area contributed by atoms with Gasteiger partial charge >= 0.3 is 0 Å². The van der Waals surface area contributed by atoms with E-state index in [1.807, 2.05) is 40.6 Å². The highest BCUT2D eigenvalue weighted by atomic mass is 32.1. The van der Waals surface area contributed by atoms with Crippen LogP contribution in [0.5, 0.6) is 0 Å². The second-order valence-corrected chi connectivity index (χ2v) is 6.58. The third kappa shape index (κ3) is 3.54. The second kappa shape index (κ2) is 7.03. The topological polar surface area (TPSA) is 53.4 Å². The number of benzene rings is 1. The maximum absolute atomic E-state index is 12.4. The Balaban J connectivity index is 1.64. The number of amides is 1. The molecule has 0 spiro atoms. The monoisotopic (exact) mass is 316 g/mol. The minimum Gasteiger partial charge on any atom is -0.396 e. The smallest absolute Gasteiger partial charge is 0.228 e. The Labute approximate surface area is 134 Å². The first kappa shape index (κ1) is 15.2. The lowest BCUT2D eigenvalue weighted by molar-refractivity contribution is -0.132. The van der Waals surface area contributed by atoms with Crippen LogP contribution in [-0.2, 0) is 11.2 Å². The maximum Gasteiger partial charge on any atom is 0.228 e. The quantitative estimate of drug-likeness (QED) is 0.943. The Hall–Kier alpha value is -1.72. The van der Waals surface area contributed by atoms with Crippen LogP contribution in [0, 0.1) is 5.92 Å². The number of hydrogen-bond donors (Lipinski definition) is 1. The third-order valence-electron chi connectivity index (χ3n) is 4.03. The lowest BCUT2D eigenvalue weighted by Gasteiger charge is -2.31. The zero-order chi connectivity index (χ0) is 15.4. The average molecular weight is 316 g/mol. The predicted octanol–water partition coefficient (Wildman–Crippen LogP) is 2.58. The van der Waals surface area contributed by atoms with E-state index in [1.54, 1.807) is 11.3 Å². The minimum atomic E-state index is 0.114. The van der Waals surface area contributed by atoms with Gasteiger partial charge in [-0.2, -0.15) is 0 Å². The van der Waals surface area contributed by atoms with E-state index < -0.39 is 0 Å². The maximum atomic E-state index is 12.4. The molecule has 4 nitrogen and oxygen atoms in total. The molecule has 1 N–H and O–H groups in total. The number of aliphatic hydroxyl groups excluding tert-OH is 1. The molecule has 0 aliphatic carbocycles. The van der Waals surface area contributed by atoms with Gasteiger partial charge in [-0.15, -0.1) is 11.3 Å². The molecule has 1 unspecified atom stereocenters. The number of aliphatic hydroxyl groups is 1. The van der Waals surface area contributed by atoms with Crippen molar-refractivity contribution < 1.29 is 9.90 Å². The largest absolute Gasteiger partial charge is 0.396 e. The molecule has 1 saturated heterocycles. The van der Waals surface area contributed by atoms with Crippen LogP contribution in [0.4, 0.5) is 0 Å². The van der Waals surface area contributed by atoms with E-state index in [0.717, 1.165) is 35.7 Å². The van der Waals surface area contributed by atoms with Gasteiger partial charge in [0.25, 0.3) is 0 Å². The predicted molar refractivity (Wildman–Crippen MR) is 87.6 cm³/mol. The van der Waals surface area contributed by atoms with Gasteiger partial charge in [0.05, 0.1) is 12.1 Å². The van der Waals surface area contributed by atoms with Crippen molar-refractivity contribution in [3.8, 4) is 10.6 Å². The Morgan fingerprint density at radius 3 is 2.95 bits per heavy atom. The second-order valence-electron chi connectivity index (χ2n) is 5.72. The van der Waals surface area contributed by atoms with Crippen LogP contribution in [0.3, 0.4) is 0 Å². The van der Waals surface area contributed by atoms with Gasteiger partial charge in [0.2, 0.25) is 5.91 Å². The van der Waals surface area contributed by atoms with E-state index in [-0.39, 0.29) is 18.4 Å². The van der Waals surface area contributed by atoms with Crippen LogP contribution in [0.15, 0.2) is 35.7 Å². The van der Waals surface area contributed by atoms with Crippen molar-refractivity contribution in [2.24, 2.45) is 5.92 Å². The van der Waals surface area contributed by atoms with E-state index in [4.69, 9.17) is 0 Å². The van der Waals surface area contributed by atoms with Crippen molar-refractivity contribution in [1.29, 1.82) is 0 Å². The van der Waals surface area contributed by atoms with Crippen molar-refractivity contribution in [2.75, 3.05) is 19.7 Å². The van der Waals surface area contributed by atoms with Crippen LogP contribution in [-0.4, -0.2) is 40.6 Å². The van der Waals surface area contributed by atoms with Crippen molar-refractivity contribution >= 4 is 17.2 Å². The molecular weight excluding hydrogens is 296 g/mol. The minimum absolute atomic E-state index is 0.114. The van der Waals surface area contributed by atoms with E-state index in [1.165, 1.54) is 0 Å². The fourth-order valence-electron chi connectivity index (χ4n) is 2.81. The first-order valence-electron chi connectivity index (χ1n) is 7.64. The van der Waals surface area contributed by atoms with E-state index in [9.17, 15) is 9.90 Å². The van der Waals surface area contributed by atoms with E-state index in [2.05, 4.69) is 4.98 Å². The van der Waals surface area contributed by atoms with Crippen LogP contribution >= 0.6 is 11.3 Å². The lowest BCUT2D eigenvalue weighted by atomic mass is 9.99. The number of aromatic nitrogens is 1. The zero-order valence-electron chi connectivity index (χ0n) is 12.4. The SMILES string of the molecule is O=C(Cc1csc(-c2ccccc2)n1)N1CCCC(CO)C1. The van der Waals surface area contributed by atoms with Crippen LogP contribution in [0.25, 0.3) is 10.6 Å². The van der Waals surface area contributed by atoms with Crippen LogP contribution in [0.2, 0.25) is 0 Å². The van der Waals surface area contributed by atoms with Gasteiger partial charge in [-0.3, -0.25) is 4.79 Å². The summed E-state index contributed by atoms with van der Waals surface area (Å²) in [7, 11) is 0. The van der Waals surface area contributed by atoms with Gasteiger partial charge in [0, 0.05) is 30.6 Å². The molecule has 0 radical (unpaired) electrons. The lowest BCUT2D eigenvalue weighted by Crippen LogP contribution is -2.41. The molecule has 1 aromatic carbocycles. The van der Waals surface area contributed by atoms with E-state index in [0.29, 0.717) is 13.0 Å². The molecule has 1 aromatic heterocycles. The van der Waals surface area contributed by atoms with Gasteiger partial charge in [0.15, 0.2) is 0 Å². The van der Waals surface area contributed by atoms with Crippen LogP contribution in [0.1, 0.15) is 18.5 Å².